The summed E-state index contributed by atoms with van der Waals surface area (Å²) in [4.78, 5) is 44.4. The van der Waals surface area contributed by atoms with Crippen molar-refractivity contribution in [2.45, 2.75) is 57.6 Å². The van der Waals surface area contributed by atoms with Crippen LogP contribution in [-0.2, 0) is 14.3 Å². The first kappa shape index (κ1) is 23.2. The molecule has 1 saturated heterocycles. The fourth-order valence-electron chi connectivity index (χ4n) is 4.48. The van der Waals surface area contributed by atoms with E-state index in [4.69, 9.17) is 13.9 Å². The van der Waals surface area contributed by atoms with Gasteiger partial charge in [0.05, 0.1) is 19.3 Å². The second kappa shape index (κ2) is 10.8. The first-order valence-electron chi connectivity index (χ1n) is 11.7. The van der Waals surface area contributed by atoms with Crippen molar-refractivity contribution in [3.63, 3.8) is 0 Å². The molecule has 1 aromatic heterocycles. The van der Waals surface area contributed by atoms with Crippen molar-refractivity contribution in [1.29, 1.82) is 0 Å². The summed E-state index contributed by atoms with van der Waals surface area (Å²) >= 11 is 0. The lowest BCUT2D eigenvalue weighted by atomic mass is 9.85. The first-order chi connectivity index (χ1) is 16.0. The normalized spacial score (nSPS) is 19.1. The Balaban J connectivity index is 1.39. The van der Waals surface area contributed by atoms with Crippen LogP contribution in [0.3, 0.4) is 0 Å². The van der Waals surface area contributed by atoms with Crippen LogP contribution in [0.1, 0.15) is 56.1 Å². The number of para-hydroxylation sites is 2. The summed E-state index contributed by atoms with van der Waals surface area (Å²) in [5, 5.41) is 2.54. The highest BCUT2D eigenvalue weighted by Crippen LogP contribution is 2.29. The number of alkyl carbamates (subject to hydrolysis) is 1. The predicted molar refractivity (Wildman–Crippen MR) is 120 cm³/mol. The van der Waals surface area contributed by atoms with E-state index < -0.39 is 24.0 Å². The van der Waals surface area contributed by atoms with Gasteiger partial charge in [0, 0.05) is 13.1 Å². The number of hydrogen-bond donors (Lipinski definition) is 1. The molecule has 0 unspecified atom stereocenters. The molecule has 33 heavy (non-hydrogen) atoms. The summed E-state index contributed by atoms with van der Waals surface area (Å²) in [5.41, 5.74) is 1.07. The number of oxazole rings is 1. The van der Waals surface area contributed by atoms with Gasteiger partial charge >= 0.3 is 6.09 Å². The molecule has 4 rings (SSSR count). The number of Topliss-reactive ketones (excluding diaryl/α,β-unsaturated/α-hetero) is 1. The number of carbonyl (C=O) groups is 3. The van der Waals surface area contributed by atoms with E-state index in [1.807, 2.05) is 0 Å². The number of ketones is 1. The van der Waals surface area contributed by atoms with Gasteiger partial charge in [0.25, 0.3) is 11.8 Å². The van der Waals surface area contributed by atoms with Crippen LogP contribution >= 0.6 is 0 Å². The lowest BCUT2D eigenvalue weighted by Gasteiger charge is -2.32. The second-order valence-electron chi connectivity index (χ2n) is 8.79. The van der Waals surface area contributed by atoms with E-state index in [-0.39, 0.29) is 11.8 Å². The third-order valence-electron chi connectivity index (χ3n) is 6.35. The molecule has 2 atom stereocenters. The molecular formula is C24H31N3O6. The number of ether oxygens (including phenoxy) is 2. The van der Waals surface area contributed by atoms with Crippen molar-refractivity contribution in [2.24, 2.45) is 5.92 Å². The minimum atomic E-state index is -0.917. The van der Waals surface area contributed by atoms with E-state index in [0.29, 0.717) is 49.7 Å². The number of fused-ring (bicyclic) bond motifs is 1. The van der Waals surface area contributed by atoms with Crippen molar-refractivity contribution in [3.05, 3.63) is 30.2 Å². The van der Waals surface area contributed by atoms with E-state index in [9.17, 15) is 14.4 Å². The monoisotopic (exact) mass is 457 g/mol. The fraction of sp³-hybridized carbons (Fsp3) is 0.583. The number of carbonyl (C=O) groups excluding carboxylic acids is 3. The Morgan fingerprint density at radius 3 is 2.61 bits per heavy atom. The average molecular weight is 458 g/mol. The zero-order valence-corrected chi connectivity index (χ0v) is 19.0. The van der Waals surface area contributed by atoms with Crippen molar-refractivity contribution in [2.75, 3.05) is 26.3 Å². The lowest BCUT2D eigenvalue weighted by molar-refractivity contribution is -0.145. The van der Waals surface area contributed by atoms with Crippen molar-refractivity contribution >= 4 is 28.9 Å². The van der Waals surface area contributed by atoms with Crippen LogP contribution in [0.4, 0.5) is 4.79 Å². The third-order valence-corrected chi connectivity index (χ3v) is 6.35. The summed E-state index contributed by atoms with van der Waals surface area (Å²) in [7, 11) is 0. The van der Waals surface area contributed by atoms with Crippen LogP contribution in [0, 0.1) is 5.92 Å². The molecular weight excluding hydrogens is 426 g/mol. The highest BCUT2D eigenvalue weighted by atomic mass is 16.6. The molecule has 178 valence electrons. The van der Waals surface area contributed by atoms with E-state index in [0.717, 1.165) is 25.7 Å². The van der Waals surface area contributed by atoms with Gasteiger partial charge in [0.15, 0.2) is 11.7 Å². The van der Waals surface area contributed by atoms with Crippen LogP contribution < -0.4 is 5.32 Å². The number of aromatic nitrogens is 1. The SMILES string of the molecule is C[C@H](NC(=O)O[C@@H](CC1CCCCC1)C(=O)N1CCOCC1)C(=O)c1nc2ccccc2o1. The molecule has 1 aromatic carbocycles. The Kier molecular flexibility index (Phi) is 7.59. The Bertz CT molecular complexity index is 944. The number of nitrogens with zero attached hydrogens (tertiary/aromatic N) is 2. The maximum Gasteiger partial charge on any atom is 0.408 e. The number of nitrogens with one attached hydrogen (secondary N) is 1. The quantitative estimate of drug-likeness (QED) is 0.635. The first-order valence-corrected chi connectivity index (χ1v) is 11.7. The van der Waals surface area contributed by atoms with Crippen molar-refractivity contribution < 1.29 is 28.3 Å². The third kappa shape index (κ3) is 5.90. The maximum absolute atomic E-state index is 13.1. The van der Waals surface area contributed by atoms with Crippen LogP contribution in [0.2, 0.25) is 0 Å². The molecule has 2 aliphatic rings. The van der Waals surface area contributed by atoms with Gasteiger partial charge in [-0.2, -0.15) is 0 Å². The lowest BCUT2D eigenvalue weighted by Crippen LogP contribution is -2.49. The number of morpholine rings is 1. The van der Waals surface area contributed by atoms with Gasteiger partial charge in [-0.3, -0.25) is 9.59 Å². The highest BCUT2D eigenvalue weighted by molar-refractivity contribution is 5.99. The molecule has 1 aliphatic heterocycles. The zero-order valence-electron chi connectivity index (χ0n) is 19.0. The highest BCUT2D eigenvalue weighted by Gasteiger charge is 2.33. The molecule has 1 saturated carbocycles. The Hall–Kier alpha value is -2.94. The predicted octanol–water partition coefficient (Wildman–Crippen LogP) is 3.32. The minimum absolute atomic E-state index is 0.0767. The zero-order chi connectivity index (χ0) is 23.2. The molecule has 9 nitrogen and oxygen atoms in total. The van der Waals surface area contributed by atoms with Crippen molar-refractivity contribution in [3.8, 4) is 0 Å². The average Bonchev–Trinajstić information content (AvgIpc) is 3.28. The van der Waals surface area contributed by atoms with Gasteiger partial charge in [-0.15, -0.1) is 0 Å². The van der Waals surface area contributed by atoms with Gasteiger partial charge in [0.2, 0.25) is 5.78 Å². The van der Waals surface area contributed by atoms with E-state index in [1.165, 1.54) is 6.42 Å². The molecule has 1 aliphatic carbocycles. The van der Waals surface area contributed by atoms with Gasteiger partial charge < -0.3 is 24.1 Å². The smallest absolute Gasteiger partial charge is 0.408 e. The molecule has 2 fully saturated rings. The summed E-state index contributed by atoms with van der Waals surface area (Å²) in [6.45, 7) is 3.46. The molecule has 0 spiro atoms. The second-order valence-corrected chi connectivity index (χ2v) is 8.79. The molecule has 2 amide bonds. The van der Waals surface area contributed by atoms with Crippen molar-refractivity contribution in [1.82, 2.24) is 15.2 Å². The molecule has 9 heteroatoms. The number of rotatable bonds is 7. The van der Waals surface area contributed by atoms with Crippen LogP contribution in [-0.4, -0.2) is 66.1 Å². The molecule has 0 bridgehead atoms. The van der Waals surface area contributed by atoms with Crippen LogP contribution in [0.5, 0.6) is 0 Å². The summed E-state index contributed by atoms with van der Waals surface area (Å²) in [6.07, 6.45) is 4.35. The molecule has 1 N–H and O–H groups in total. The van der Waals surface area contributed by atoms with Crippen LogP contribution in [0.15, 0.2) is 28.7 Å². The number of amides is 2. The molecule has 2 heterocycles. The van der Waals surface area contributed by atoms with Gasteiger partial charge in [-0.25, -0.2) is 9.78 Å². The van der Waals surface area contributed by atoms with E-state index >= 15 is 0 Å². The Morgan fingerprint density at radius 2 is 1.88 bits per heavy atom. The standard InChI is InChI=1S/C24H31N3O6/c1-16(21(28)22-26-18-9-5-6-10-19(18)32-22)25-24(30)33-20(15-17-7-3-2-4-8-17)23(29)27-11-13-31-14-12-27/h5-6,9-10,16-17,20H,2-4,7-8,11-15H2,1H3,(H,25,30)/t16-,20-/m0/s1. The number of hydrogen-bond acceptors (Lipinski definition) is 7. The summed E-state index contributed by atoms with van der Waals surface area (Å²) in [6, 6.07) is 6.14. The van der Waals surface area contributed by atoms with Gasteiger partial charge in [0.1, 0.15) is 5.52 Å². The molecule has 2 aromatic rings. The Morgan fingerprint density at radius 1 is 1.15 bits per heavy atom. The van der Waals surface area contributed by atoms with E-state index in [2.05, 4.69) is 10.3 Å². The van der Waals surface area contributed by atoms with E-state index in [1.54, 1.807) is 36.1 Å². The summed E-state index contributed by atoms with van der Waals surface area (Å²) < 4.78 is 16.4. The van der Waals surface area contributed by atoms with Gasteiger partial charge in [-0.1, -0.05) is 44.2 Å². The maximum atomic E-state index is 13.1. The van der Waals surface area contributed by atoms with Crippen LogP contribution in [0.25, 0.3) is 11.1 Å². The minimum Gasteiger partial charge on any atom is -0.436 e. The largest absolute Gasteiger partial charge is 0.436 e. The number of benzene rings is 1. The van der Waals surface area contributed by atoms with Gasteiger partial charge in [-0.05, 0) is 31.4 Å². The fourth-order valence-corrected chi connectivity index (χ4v) is 4.48. The molecule has 0 radical (unpaired) electrons. The summed E-state index contributed by atoms with van der Waals surface area (Å²) in [5.74, 6) is -0.393. The Labute approximate surface area is 192 Å². The topological polar surface area (TPSA) is 111 Å².